The van der Waals surface area contributed by atoms with Gasteiger partial charge < -0.3 is 9.80 Å². The van der Waals surface area contributed by atoms with Crippen LogP contribution in [-0.4, -0.2) is 51.8 Å². The molecule has 0 aliphatic carbocycles. The van der Waals surface area contributed by atoms with Crippen LogP contribution in [-0.2, 0) is 7.05 Å². The minimum absolute atomic E-state index is 0.0264. The first-order valence-corrected chi connectivity index (χ1v) is 9.67. The summed E-state index contributed by atoms with van der Waals surface area (Å²) in [6.07, 6.45) is 1.88. The van der Waals surface area contributed by atoms with Crippen molar-refractivity contribution < 1.29 is 4.79 Å². The van der Waals surface area contributed by atoms with Gasteiger partial charge in [0.2, 0.25) is 0 Å². The number of hydrogen-bond donors (Lipinski definition) is 0. The van der Waals surface area contributed by atoms with Crippen LogP contribution in [0.4, 0.5) is 5.13 Å². The van der Waals surface area contributed by atoms with Crippen LogP contribution in [0, 0.1) is 20.8 Å². The largest absolute Gasteiger partial charge is 0.345 e. The number of benzene rings is 1. The molecule has 26 heavy (non-hydrogen) atoms. The Morgan fingerprint density at radius 2 is 1.81 bits per heavy atom. The lowest BCUT2D eigenvalue weighted by molar-refractivity contribution is 0.0739. The summed E-state index contributed by atoms with van der Waals surface area (Å²) in [6, 6.07) is 4.31. The second-order valence-electron chi connectivity index (χ2n) is 6.96. The van der Waals surface area contributed by atoms with Crippen LogP contribution >= 0.6 is 11.3 Å². The summed E-state index contributed by atoms with van der Waals surface area (Å²) < 4.78 is 2.93. The molecule has 0 bridgehead atoms. The molecule has 0 N–H and O–H groups in total. The van der Waals surface area contributed by atoms with Gasteiger partial charge in [0.15, 0.2) is 10.8 Å². The van der Waals surface area contributed by atoms with Gasteiger partial charge in [-0.1, -0.05) is 17.4 Å². The molecule has 4 rings (SSSR count). The van der Waals surface area contributed by atoms with E-state index in [9.17, 15) is 4.79 Å². The van der Waals surface area contributed by atoms with E-state index in [-0.39, 0.29) is 5.91 Å². The number of rotatable bonds is 2. The number of piperazine rings is 1. The van der Waals surface area contributed by atoms with Crippen LogP contribution in [0.3, 0.4) is 0 Å². The van der Waals surface area contributed by atoms with Gasteiger partial charge in [0.05, 0.1) is 10.2 Å². The lowest BCUT2D eigenvalue weighted by Crippen LogP contribution is -2.49. The summed E-state index contributed by atoms with van der Waals surface area (Å²) in [5.74, 6) is 0.0264. The molecule has 3 aromatic rings. The number of carbonyl (C=O) groups is 1. The molecule has 2 aromatic heterocycles. The fraction of sp³-hybridized carbons (Fsp3) is 0.421. The fourth-order valence-electron chi connectivity index (χ4n) is 3.42. The standard InChI is InChI=1S/C19H23N5OS/c1-12-5-6-15-17(14(12)3)20-19(26-15)24-9-7-23(8-10-24)18(25)16-13(2)11-22(4)21-16/h5-6,11H,7-10H2,1-4H3. The summed E-state index contributed by atoms with van der Waals surface area (Å²) >= 11 is 1.73. The van der Waals surface area contributed by atoms with Gasteiger partial charge in [0.1, 0.15) is 0 Å². The smallest absolute Gasteiger partial charge is 0.274 e. The number of carbonyl (C=O) groups excluding carboxylic acids is 1. The van der Waals surface area contributed by atoms with Gasteiger partial charge in [0.25, 0.3) is 5.91 Å². The summed E-state index contributed by atoms with van der Waals surface area (Å²) in [6.45, 7) is 9.18. The van der Waals surface area contributed by atoms with Crippen LogP contribution in [0.5, 0.6) is 0 Å². The molecule has 1 fully saturated rings. The van der Waals surface area contributed by atoms with Crippen LogP contribution in [0.15, 0.2) is 18.3 Å². The molecule has 0 saturated carbocycles. The Morgan fingerprint density at radius 1 is 1.08 bits per heavy atom. The lowest BCUT2D eigenvalue weighted by atomic mass is 10.1. The Hall–Kier alpha value is -2.41. The molecule has 6 nitrogen and oxygen atoms in total. The Kier molecular flexibility index (Phi) is 4.19. The van der Waals surface area contributed by atoms with E-state index in [1.54, 1.807) is 16.0 Å². The number of hydrogen-bond acceptors (Lipinski definition) is 5. The zero-order valence-corrected chi connectivity index (χ0v) is 16.4. The van der Waals surface area contributed by atoms with E-state index in [0.29, 0.717) is 18.8 Å². The first kappa shape index (κ1) is 17.0. The van der Waals surface area contributed by atoms with E-state index < -0.39 is 0 Å². The number of aryl methyl sites for hydroxylation is 4. The molecule has 136 valence electrons. The van der Waals surface area contributed by atoms with Gasteiger partial charge in [0, 0.05) is 45.0 Å². The zero-order chi connectivity index (χ0) is 18.4. The highest BCUT2D eigenvalue weighted by atomic mass is 32.1. The number of amides is 1. The van der Waals surface area contributed by atoms with E-state index in [1.165, 1.54) is 15.8 Å². The Labute approximate surface area is 157 Å². The van der Waals surface area contributed by atoms with Crippen molar-refractivity contribution in [3.8, 4) is 0 Å². The molecule has 1 aromatic carbocycles. The topological polar surface area (TPSA) is 54.3 Å². The van der Waals surface area contributed by atoms with Crippen molar-refractivity contribution in [1.82, 2.24) is 19.7 Å². The third kappa shape index (κ3) is 2.86. The minimum atomic E-state index is 0.0264. The maximum Gasteiger partial charge on any atom is 0.274 e. The van der Waals surface area contributed by atoms with E-state index in [4.69, 9.17) is 4.98 Å². The van der Waals surface area contributed by atoms with Crippen molar-refractivity contribution in [2.45, 2.75) is 20.8 Å². The predicted octanol–water partition coefficient (Wildman–Crippen LogP) is 2.92. The maximum absolute atomic E-state index is 12.7. The van der Waals surface area contributed by atoms with Crippen molar-refractivity contribution in [2.75, 3.05) is 31.1 Å². The molecule has 0 unspecified atom stereocenters. The molecule has 1 saturated heterocycles. The highest BCUT2D eigenvalue weighted by Gasteiger charge is 2.26. The van der Waals surface area contributed by atoms with Crippen LogP contribution in [0.2, 0.25) is 0 Å². The van der Waals surface area contributed by atoms with Gasteiger partial charge in [-0.25, -0.2) is 4.98 Å². The molecular weight excluding hydrogens is 346 g/mol. The molecule has 1 aliphatic heterocycles. The quantitative estimate of drug-likeness (QED) is 0.697. The summed E-state index contributed by atoms with van der Waals surface area (Å²) in [7, 11) is 1.85. The number of aromatic nitrogens is 3. The molecular formula is C19H23N5OS. The van der Waals surface area contributed by atoms with Crippen molar-refractivity contribution in [3.63, 3.8) is 0 Å². The van der Waals surface area contributed by atoms with Crippen LogP contribution in [0.25, 0.3) is 10.2 Å². The Balaban J connectivity index is 1.49. The molecule has 0 atom stereocenters. The molecule has 7 heteroatoms. The SMILES string of the molecule is Cc1cn(C)nc1C(=O)N1CCN(c2nc3c(C)c(C)ccc3s2)CC1. The fourth-order valence-corrected chi connectivity index (χ4v) is 4.50. The normalized spacial score (nSPS) is 15.1. The third-order valence-electron chi connectivity index (χ3n) is 5.13. The third-order valence-corrected chi connectivity index (χ3v) is 6.21. The lowest BCUT2D eigenvalue weighted by Gasteiger charge is -2.34. The minimum Gasteiger partial charge on any atom is -0.345 e. The van der Waals surface area contributed by atoms with E-state index in [0.717, 1.165) is 29.3 Å². The highest BCUT2D eigenvalue weighted by molar-refractivity contribution is 7.22. The van der Waals surface area contributed by atoms with E-state index in [1.807, 2.05) is 25.1 Å². The first-order valence-electron chi connectivity index (χ1n) is 8.85. The van der Waals surface area contributed by atoms with Crippen LogP contribution in [0.1, 0.15) is 27.2 Å². The summed E-state index contributed by atoms with van der Waals surface area (Å²) in [5, 5.41) is 5.36. The van der Waals surface area contributed by atoms with Crippen molar-refractivity contribution in [2.24, 2.45) is 7.05 Å². The average molecular weight is 369 g/mol. The number of thiazole rings is 1. The van der Waals surface area contributed by atoms with Gasteiger partial charge in [-0.15, -0.1) is 0 Å². The molecule has 1 aliphatic rings. The van der Waals surface area contributed by atoms with Gasteiger partial charge in [-0.2, -0.15) is 5.10 Å². The van der Waals surface area contributed by atoms with E-state index in [2.05, 4.69) is 36.0 Å². The molecule has 0 spiro atoms. The monoisotopic (exact) mass is 369 g/mol. The second kappa shape index (κ2) is 6.39. The van der Waals surface area contributed by atoms with Gasteiger partial charge >= 0.3 is 0 Å². The Morgan fingerprint density at radius 3 is 2.46 bits per heavy atom. The summed E-state index contributed by atoms with van der Waals surface area (Å²) in [4.78, 5) is 21.8. The average Bonchev–Trinajstić information content (AvgIpc) is 3.21. The zero-order valence-electron chi connectivity index (χ0n) is 15.6. The Bertz CT molecular complexity index is 981. The number of nitrogens with zero attached hydrogens (tertiary/aromatic N) is 5. The highest BCUT2D eigenvalue weighted by Crippen LogP contribution is 2.32. The van der Waals surface area contributed by atoms with Gasteiger partial charge in [-0.05, 0) is 38.0 Å². The van der Waals surface area contributed by atoms with Crippen molar-refractivity contribution in [1.29, 1.82) is 0 Å². The molecule has 3 heterocycles. The number of fused-ring (bicyclic) bond motifs is 1. The number of anilines is 1. The van der Waals surface area contributed by atoms with Gasteiger partial charge in [-0.3, -0.25) is 9.48 Å². The van der Waals surface area contributed by atoms with Crippen molar-refractivity contribution in [3.05, 3.63) is 40.7 Å². The van der Waals surface area contributed by atoms with Crippen LogP contribution < -0.4 is 4.90 Å². The second-order valence-corrected chi connectivity index (χ2v) is 7.97. The first-order chi connectivity index (χ1) is 12.4. The molecule has 0 radical (unpaired) electrons. The maximum atomic E-state index is 12.7. The van der Waals surface area contributed by atoms with Crippen molar-refractivity contribution >= 4 is 32.6 Å². The summed E-state index contributed by atoms with van der Waals surface area (Å²) in [5.41, 5.74) is 5.12. The predicted molar refractivity (Wildman–Crippen MR) is 105 cm³/mol. The van der Waals surface area contributed by atoms with E-state index >= 15 is 0 Å². The molecule has 1 amide bonds.